The zero-order valence-electron chi connectivity index (χ0n) is 9.88. The number of amides is 2. The summed E-state index contributed by atoms with van der Waals surface area (Å²) in [5.74, 6) is -1.46. The van der Waals surface area contributed by atoms with Crippen molar-refractivity contribution in [3.8, 4) is 0 Å². The highest BCUT2D eigenvalue weighted by atomic mass is 32.2. The molecule has 7 nitrogen and oxygen atoms in total. The van der Waals surface area contributed by atoms with Crippen molar-refractivity contribution in [1.82, 2.24) is 10.2 Å². The Morgan fingerprint density at radius 1 is 1.67 bits per heavy atom. The smallest absolute Gasteiger partial charge is 0.314 e. The number of hydrogen-bond acceptors (Lipinski definition) is 5. The number of thioether (sulfide) groups is 1. The van der Waals surface area contributed by atoms with Crippen LogP contribution in [0.3, 0.4) is 0 Å². The second-order valence-electron chi connectivity index (χ2n) is 4.69. The molecule has 2 rings (SSSR count). The molecule has 0 saturated carbocycles. The number of fused-ring (bicyclic) bond motifs is 1. The molecule has 0 radical (unpaired) electrons. The molecule has 0 aliphatic carbocycles. The minimum atomic E-state index is -1.19. The summed E-state index contributed by atoms with van der Waals surface area (Å²) in [7, 11) is 0. The topological polar surface area (TPSA) is 113 Å². The zero-order chi connectivity index (χ0) is 13.5. The van der Waals surface area contributed by atoms with Crippen LogP contribution in [-0.4, -0.2) is 51.6 Å². The van der Waals surface area contributed by atoms with Crippen molar-refractivity contribution in [2.24, 2.45) is 11.1 Å². The van der Waals surface area contributed by atoms with Gasteiger partial charge in [0.15, 0.2) is 0 Å². The Bertz CT molecular complexity index is 416. The molecule has 2 heterocycles. The Morgan fingerprint density at radius 2 is 2.33 bits per heavy atom. The Balaban J connectivity index is 2.18. The molecule has 4 N–H and O–H groups in total. The van der Waals surface area contributed by atoms with E-state index in [1.165, 1.54) is 18.7 Å². The molecule has 2 fully saturated rings. The molecule has 100 valence electrons. The second-order valence-corrected chi connectivity index (χ2v) is 5.98. The lowest BCUT2D eigenvalue weighted by Crippen LogP contribution is -2.66. The van der Waals surface area contributed by atoms with Crippen LogP contribution in [0.4, 0.5) is 0 Å². The van der Waals surface area contributed by atoms with Gasteiger partial charge in [0.2, 0.25) is 11.8 Å². The van der Waals surface area contributed by atoms with E-state index in [1.807, 2.05) is 0 Å². The maximum atomic E-state index is 11.4. The lowest BCUT2D eigenvalue weighted by molar-refractivity contribution is -0.156. The van der Waals surface area contributed by atoms with Crippen LogP contribution >= 0.6 is 11.8 Å². The number of nitrogens with two attached hydrogens (primary N) is 1. The monoisotopic (exact) mass is 273 g/mol. The van der Waals surface area contributed by atoms with E-state index in [9.17, 15) is 19.5 Å². The fraction of sp³-hybridized carbons (Fsp3) is 0.700. The number of nitrogens with one attached hydrogen (secondary N) is 1. The number of β-lactam (4-membered cyclic amide) rings is 1. The van der Waals surface area contributed by atoms with Crippen molar-refractivity contribution < 1.29 is 19.5 Å². The fourth-order valence-corrected chi connectivity index (χ4v) is 3.63. The average molecular weight is 273 g/mol. The zero-order valence-corrected chi connectivity index (χ0v) is 10.7. The Morgan fingerprint density at radius 3 is 2.83 bits per heavy atom. The summed E-state index contributed by atoms with van der Waals surface area (Å²) in [5, 5.41) is 11.4. The molecule has 0 aromatic carbocycles. The van der Waals surface area contributed by atoms with Crippen LogP contribution in [-0.2, 0) is 14.4 Å². The summed E-state index contributed by atoms with van der Waals surface area (Å²) in [6.45, 7) is 1.47. The molecule has 2 unspecified atom stereocenters. The predicted octanol–water partition coefficient (Wildman–Crippen LogP) is -1.22. The molecule has 2 amide bonds. The summed E-state index contributed by atoms with van der Waals surface area (Å²) >= 11 is 1.30. The van der Waals surface area contributed by atoms with Crippen LogP contribution in [0.15, 0.2) is 0 Å². The van der Waals surface area contributed by atoms with Crippen LogP contribution in [0.25, 0.3) is 0 Å². The number of hydrogen-bond donors (Lipinski definition) is 3. The lowest BCUT2D eigenvalue weighted by Gasteiger charge is -2.52. The van der Waals surface area contributed by atoms with Gasteiger partial charge in [-0.2, -0.15) is 0 Å². The summed E-state index contributed by atoms with van der Waals surface area (Å²) in [5.41, 5.74) is 4.03. The van der Waals surface area contributed by atoms with Gasteiger partial charge in [-0.15, -0.1) is 11.8 Å². The second kappa shape index (κ2) is 4.43. The number of carbonyl (C=O) groups is 3. The molecule has 3 atom stereocenters. The van der Waals surface area contributed by atoms with E-state index in [0.29, 0.717) is 6.42 Å². The third-order valence-corrected chi connectivity index (χ3v) is 5.00. The van der Waals surface area contributed by atoms with Gasteiger partial charge in [-0.05, 0) is 6.92 Å². The molecule has 0 bridgehead atoms. The van der Waals surface area contributed by atoms with Gasteiger partial charge < -0.3 is 21.1 Å². The number of rotatable bonds is 3. The van der Waals surface area contributed by atoms with Crippen LogP contribution in [0, 0.1) is 5.41 Å². The third-order valence-electron chi connectivity index (χ3n) is 3.35. The standard InChI is InChI=1S/C10H15N3O4S/c1-10(9(16)17)4-13-6(15)2-7(13)18-8(10)12-5(14)3-11/h7-8H,2-4,11H2,1H3,(H,12,14)(H,16,17)/t7-,8?,10?/m1/s1. The van der Waals surface area contributed by atoms with Crippen LogP contribution in [0.5, 0.6) is 0 Å². The van der Waals surface area contributed by atoms with E-state index in [1.54, 1.807) is 4.90 Å². The van der Waals surface area contributed by atoms with Gasteiger partial charge in [-0.3, -0.25) is 14.4 Å². The molecular formula is C10H15N3O4S. The van der Waals surface area contributed by atoms with Gasteiger partial charge in [0.1, 0.15) is 5.41 Å². The summed E-state index contributed by atoms with van der Waals surface area (Å²) in [4.78, 5) is 35.7. The quantitative estimate of drug-likeness (QED) is 0.556. The number of nitrogens with zero attached hydrogens (tertiary/aromatic N) is 1. The average Bonchev–Trinajstić information content (AvgIpc) is 2.32. The highest BCUT2D eigenvalue weighted by Crippen LogP contribution is 2.45. The molecule has 0 spiro atoms. The molecule has 2 aliphatic heterocycles. The van der Waals surface area contributed by atoms with Crippen LogP contribution in [0.2, 0.25) is 0 Å². The van der Waals surface area contributed by atoms with Crippen LogP contribution < -0.4 is 11.1 Å². The van der Waals surface area contributed by atoms with Crippen molar-refractivity contribution in [3.63, 3.8) is 0 Å². The van der Waals surface area contributed by atoms with Gasteiger partial charge in [0.25, 0.3) is 0 Å². The summed E-state index contributed by atoms with van der Waals surface area (Å²) in [6.07, 6.45) is 0.398. The lowest BCUT2D eigenvalue weighted by atomic mass is 9.87. The molecule has 2 saturated heterocycles. The highest BCUT2D eigenvalue weighted by molar-refractivity contribution is 8.00. The minimum absolute atomic E-state index is 0.0343. The largest absolute Gasteiger partial charge is 0.481 e. The van der Waals surface area contributed by atoms with Gasteiger partial charge in [0.05, 0.1) is 23.7 Å². The highest BCUT2D eigenvalue weighted by Gasteiger charge is 2.55. The minimum Gasteiger partial charge on any atom is -0.481 e. The van der Waals surface area contributed by atoms with E-state index < -0.39 is 16.8 Å². The van der Waals surface area contributed by atoms with E-state index in [2.05, 4.69) is 5.32 Å². The van der Waals surface area contributed by atoms with Crippen molar-refractivity contribution in [2.75, 3.05) is 13.1 Å². The number of aliphatic carboxylic acids is 1. The molecule has 0 aromatic rings. The van der Waals surface area contributed by atoms with E-state index >= 15 is 0 Å². The maximum absolute atomic E-state index is 11.4. The Labute approximate surface area is 108 Å². The van der Waals surface area contributed by atoms with Crippen molar-refractivity contribution >= 4 is 29.5 Å². The SMILES string of the molecule is CC1(C(=O)O)CN2C(=O)C[C@H]2SC1NC(=O)CN. The first-order valence-electron chi connectivity index (χ1n) is 5.56. The fourth-order valence-electron chi connectivity index (χ4n) is 2.06. The maximum Gasteiger partial charge on any atom is 0.314 e. The number of carboxylic acids is 1. The van der Waals surface area contributed by atoms with Gasteiger partial charge in [-0.1, -0.05) is 0 Å². The van der Waals surface area contributed by atoms with E-state index in [-0.39, 0.29) is 30.3 Å². The molecule has 8 heteroatoms. The normalized spacial score (nSPS) is 34.6. The Hall–Kier alpha value is -1.28. The molecular weight excluding hydrogens is 258 g/mol. The van der Waals surface area contributed by atoms with Crippen molar-refractivity contribution in [2.45, 2.75) is 24.1 Å². The van der Waals surface area contributed by atoms with Crippen molar-refractivity contribution in [3.05, 3.63) is 0 Å². The van der Waals surface area contributed by atoms with E-state index in [0.717, 1.165) is 0 Å². The molecule has 2 aliphatic rings. The first-order valence-corrected chi connectivity index (χ1v) is 6.50. The Kier molecular flexibility index (Phi) is 3.24. The first kappa shape index (κ1) is 13.2. The summed E-state index contributed by atoms with van der Waals surface area (Å²) < 4.78 is 0. The first-order chi connectivity index (χ1) is 8.38. The molecule has 18 heavy (non-hydrogen) atoms. The summed E-state index contributed by atoms with van der Waals surface area (Å²) in [6, 6.07) is 0. The molecule has 0 aromatic heterocycles. The van der Waals surface area contributed by atoms with Crippen LogP contribution in [0.1, 0.15) is 13.3 Å². The number of carbonyl (C=O) groups excluding carboxylic acids is 2. The number of carboxylic acid groups (broad SMARTS) is 1. The van der Waals surface area contributed by atoms with Crippen molar-refractivity contribution in [1.29, 1.82) is 0 Å². The van der Waals surface area contributed by atoms with Gasteiger partial charge in [-0.25, -0.2) is 0 Å². The predicted molar refractivity (Wildman–Crippen MR) is 64.4 cm³/mol. The third kappa shape index (κ3) is 1.95. The van der Waals surface area contributed by atoms with Gasteiger partial charge in [0, 0.05) is 6.54 Å². The van der Waals surface area contributed by atoms with E-state index in [4.69, 9.17) is 5.73 Å². The van der Waals surface area contributed by atoms with Gasteiger partial charge >= 0.3 is 5.97 Å².